The molecule has 0 atom stereocenters. The molecule has 130 valence electrons. The Bertz CT molecular complexity index is 993. The summed E-state index contributed by atoms with van der Waals surface area (Å²) in [5, 5.41) is 10.8. The summed E-state index contributed by atoms with van der Waals surface area (Å²) >= 11 is 0. The molecule has 26 heavy (non-hydrogen) atoms. The van der Waals surface area contributed by atoms with E-state index in [1.807, 2.05) is 32.9 Å². The number of nitriles is 1. The predicted octanol–water partition coefficient (Wildman–Crippen LogP) is 5.11. The van der Waals surface area contributed by atoms with Crippen LogP contribution in [0.3, 0.4) is 0 Å². The smallest absolute Gasteiger partial charge is 0.343 e. The minimum Gasteiger partial charge on any atom is -0.488 e. The predicted molar refractivity (Wildman–Crippen MR) is 100 cm³/mol. The number of carbonyl (C=O) groups excluding carboxylic acids is 1. The van der Waals surface area contributed by atoms with Crippen LogP contribution in [0.2, 0.25) is 0 Å². The number of benzene rings is 3. The van der Waals surface area contributed by atoms with Gasteiger partial charge in [-0.15, -0.1) is 0 Å². The first-order valence-corrected chi connectivity index (χ1v) is 8.29. The lowest BCUT2D eigenvalue weighted by atomic mass is 10.1. The molecule has 3 aromatic rings. The molecule has 0 aliphatic heterocycles. The SMILES string of the molecule is CC(C)(C)Oc1ccc(C(=O)Oc2ccc3cc(C#N)ccc3c2)cc1. The third-order valence-corrected chi connectivity index (χ3v) is 3.67. The summed E-state index contributed by atoms with van der Waals surface area (Å²) in [6.45, 7) is 5.90. The molecule has 0 saturated carbocycles. The van der Waals surface area contributed by atoms with Gasteiger partial charge in [-0.2, -0.15) is 5.26 Å². The van der Waals surface area contributed by atoms with Gasteiger partial charge < -0.3 is 9.47 Å². The lowest BCUT2D eigenvalue weighted by molar-refractivity contribution is 0.0735. The van der Waals surface area contributed by atoms with Gasteiger partial charge in [0.05, 0.1) is 17.2 Å². The van der Waals surface area contributed by atoms with E-state index in [9.17, 15) is 4.79 Å². The van der Waals surface area contributed by atoms with Gasteiger partial charge in [0.2, 0.25) is 0 Å². The number of hydrogen-bond donors (Lipinski definition) is 0. The Morgan fingerprint density at radius 1 is 0.885 bits per heavy atom. The summed E-state index contributed by atoms with van der Waals surface area (Å²) in [5.41, 5.74) is 0.754. The van der Waals surface area contributed by atoms with Crippen LogP contribution in [0, 0.1) is 11.3 Å². The molecule has 0 aliphatic rings. The standard InChI is InChI=1S/C22H19NO3/c1-22(2,3)26-19-9-6-16(7-10-19)21(24)25-20-11-8-17-12-15(14-23)4-5-18(17)13-20/h4-13H,1-3H3. The maximum atomic E-state index is 12.3. The number of fused-ring (bicyclic) bond motifs is 1. The summed E-state index contributed by atoms with van der Waals surface area (Å²) in [6, 6.07) is 19.7. The van der Waals surface area contributed by atoms with Gasteiger partial charge in [-0.3, -0.25) is 0 Å². The summed E-state index contributed by atoms with van der Waals surface area (Å²) in [4.78, 5) is 12.3. The van der Waals surface area contributed by atoms with Gasteiger partial charge >= 0.3 is 5.97 Å². The minimum absolute atomic E-state index is 0.293. The Balaban J connectivity index is 1.75. The molecule has 0 unspecified atom stereocenters. The molecule has 3 rings (SSSR count). The van der Waals surface area contributed by atoms with Crippen molar-refractivity contribution in [2.24, 2.45) is 0 Å². The van der Waals surface area contributed by atoms with Gasteiger partial charge in [0.1, 0.15) is 17.1 Å². The molecule has 3 aromatic carbocycles. The van der Waals surface area contributed by atoms with Crippen LogP contribution in [0.15, 0.2) is 60.7 Å². The van der Waals surface area contributed by atoms with Crippen molar-refractivity contribution in [3.8, 4) is 17.6 Å². The van der Waals surface area contributed by atoms with E-state index < -0.39 is 5.97 Å². The number of hydrogen-bond acceptors (Lipinski definition) is 4. The van der Waals surface area contributed by atoms with Crippen molar-refractivity contribution >= 4 is 16.7 Å². The summed E-state index contributed by atoms with van der Waals surface area (Å²) in [5.74, 6) is 0.732. The number of rotatable bonds is 3. The zero-order chi connectivity index (χ0) is 18.7. The lowest BCUT2D eigenvalue weighted by Gasteiger charge is -2.21. The third kappa shape index (κ3) is 4.20. The van der Waals surface area contributed by atoms with Crippen molar-refractivity contribution in [1.29, 1.82) is 5.26 Å². The molecule has 0 amide bonds. The summed E-state index contributed by atoms with van der Waals surface area (Å²) < 4.78 is 11.2. The lowest BCUT2D eigenvalue weighted by Crippen LogP contribution is -2.22. The first kappa shape index (κ1) is 17.5. The molecular formula is C22H19NO3. The fraction of sp³-hybridized carbons (Fsp3) is 0.182. The van der Waals surface area contributed by atoms with Crippen molar-refractivity contribution in [2.75, 3.05) is 0 Å². The number of esters is 1. The molecule has 4 heteroatoms. The van der Waals surface area contributed by atoms with E-state index in [2.05, 4.69) is 6.07 Å². The zero-order valence-electron chi connectivity index (χ0n) is 14.9. The van der Waals surface area contributed by atoms with Crippen LogP contribution < -0.4 is 9.47 Å². The van der Waals surface area contributed by atoms with Crippen LogP contribution in [-0.4, -0.2) is 11.6 Å². The Morgan fingerprint density at radius 3 is 2.15 bits per heavy atom. The van der Waals surface area contributed by atoms with Crippen molar-refractivity contribution in [1.82, 2.24) is 0 Å². The molecule has 0 heterocycles. The molecule has 0 bridgehead atoms. The van der Waals surface area contributed by atoms with Crippen LogP contribution in [0.25, 0.3) is 10.8 Å². The van der Waals surface area contributed by atoms with Gasteiger partial charge in [0.15, 0.2) is 0 Å². The molecule has 4 nitrogen and oxygen atoms in total. The highest BCUT2D eigenvalue weighted by Gasteiger charge is 2.13. The Labute approximate surface area is 152 Å². The normalized spacial score (nSPS) is 11.0. The number of ether oxygens (including phenoxy) is 2. The van der Waals surface area contributed by atoms with Crippen LogP contribution in [0.5, 0.6) is 11.5 Å². The Kier molecular flexibility index (Phi) is 4.64. The monoisotopic (exact) mass is 345 g/mol. The summed E-state index contributed by atoms with van der Waals surface area (Å²) in [6.07, 6.45) is 0. The fourth-order valence-electron chi connectivity index (χ4n) is 2.54. The average Bonchev–Trinajstić information content (AvgIpc) is 2.60. The van der Waals surface area contributed by atoms with Crippen molar-refractivity contribution in [2.45, 2.75) is 26.4 Å². The van der Waals surface area contributed by atoms with E-state index in [1.165, 1.54) is 0 Å². The Hall–Kier alpha value is -3.32. The van der Waals surface area contributed by atoms with Crippen molar-refractivity contribution in [3.63, 3.8) is 0 Å². The maximum absolute atomic E-state index is 12.3. The van der Waals surface area contributed by atoms with Gasteiger partial charge in [-0.1, -0.05) is 12.1 Å². The van der Waals surface area contributed by atoms with Crippen molar-refractivity contribution in [3.05, 3.63) is 71.8 Å². The molecule has 0 radical (unpaired) electrons. The highest BCUT2D eigenvalue weighted by Crippen LogP contribution is 2.23. The molecule has 0 aromatic heterocycles. The molecule has 0 fully saturated rings. The number of nitrogens with zero attached hydrogens (tertiary/aromatic N) is 1. The van der Waals surface area contributed by atoms with E-state index in [1.54, 1.807) is 48.5 Å². The zero-order valence-corrected chi connectivity index (χ0v) is 14.9. The summed E-state index contributed by atoms with van der Waals surface area (Å²) in [7, 11) is 0. The van der Waals surface area contributed by atoms with E-state index in [0.717, 1.165) is 10.8 Å². The fourth-order valence-corrected chi connectivity index (χ4v) is 2.54. The quantitative estimate of drug-likeness (QED) is 0.489. The minimum atomic E-state index is -0.430. The number of carbonyl (C=O) groups is 1. The molecule has 0 N–H and O–H groups in total. The first-order chi connectivity index (χ1) is 12.3. The van der Waals surface area contributed by atoms with E-state index in [4.69, 9.17) is 14.7 Å². The molecular weight excluding hydrogens is 326 g/mol. The topological polar surface area (TPSA) is 59.3 Å². The van der Waals surface area contributed by atoms with Crippen LogP contribution in [0.1, 0.15) is 36.7 Å². The highest BCUT2D eigenvalue weighted by atomic mass is 16.5. The van der Waals surface area contributed by atoms with Gasteiger partial charge in [-0.25, -0.2) is 4.79 Å². The maximum Gasteiger partial charge on any atom is 0.343 e. The third-order valence-electron chi connectivity index (χ3n) is 3.67. The van der Waals surface area contributed by atoms with E-state index in [0.29, 0.717) is 22.6 Å². The molecule has 0 saturated heterocycles. The van der Waals surface area contributed by atoms with Crippen molar-refractivity contribution < 1.29 is 14.3 Å². The van der Waals surface area contributed by atoms with Gasteiger partial charge in [-0.05, 0) is 80.1 Å². The van der Waals surface area contributed by atoms with Crippen LogP contribution >= 0.6 is 0 Å². The van der Waals surface area contributed by atoms with Crippen LogP contribution in [-0.2, 0) is 0 Å². The first-order valence-electron chi connectivity index (χ1n) is 8.29. The molecule has 0 spiro atoms. The van der Waals surface area contributed by atoms with E-state index >= 15 is 0 Å². The molecule has 0 aliphatic carbocycles. The van der Waals surface area contributed by atoms with E-state index in [-0.39, 0.29) is 5.60 Å². The largest absolute Gasteiger partial charge is 0.488 e. The van der Waals surface area contributed by atoms with Gasteiger partial charge in [0.25, 0.3) is 0 Å². The second-order valence-electron chi connectivity index (χ2n) is 6.96. The second kappa shape index (κ2) is 6.89. The Morgan fingerprint density at radius 2 is 1.50 bits per heavy atom. The highest BCUT2D eigenvalue weighted by molar-refractivity contribution is 5.92. The van der Waals surface area contributed by atoms with Gasteiger partial charge in [0, 0.05) is 0 Å². The second-order valence-corrected chi connectivity index (χ2v) is 6.96. The average molecular weight is 345 g/mol. The van der Waals surface area contributed by atoms with Crippen LogP contribution in [0.4, 0.5) is 0 Å².